The zero-order chi connectivity index (χ0) is 12.8. The first-order valence-corrected chi connectivity index (χ1v) is 5.19. The highest BCUT2D eigenvalue weighted by molar-refractivity contribution is 5.54. The Labute approximate surface area is 99.4 Å². The number of hydrogen-bond acceptors (Lipinski definition) is 5. The van der Waals surface area contributed by atoms with Gasteiger partial charge in [0.1, 0.15) is 0 Å². The quantitative estimate of drug-likeness (QED) is 0.578. The Morgan fingerprint density at radius 1 is 1.53 bits per heavy atom. The van der Waals surface area contributed by atoms with Gasteiger partial charge in [0.15, 0.2) is 0 Å². The highest BCUT2D eigenvalue weighted by Crippen LogP contribution is 2.20. The molecule has 2 N–H and O–H groups in total. The second-order valence-corrected chi connectivity index (χ2v) is 3.79. The molecule has 6 nitrogen and oxygen atoms in total. The molecule has 1 rings (SSSR count). The van der Waals surface area contributed by atoms with Gasteiger partial charge in [-0.3, -0.25) is 10.1 Å². The summed E-state index contributed by atoms with van der Waals surface area (Å²) in [6, 6.07) is 4.44. The van der Waals surface area contributed by atoms with E-state index in [1.54, 1.807) is 13.0 Å². The number of aliphatic hydroxyl groups is 1. The van der Waals surface area contributed by atoms with Gasteiger partial charge < -0.3 is 15.2 Å². The van der Waals surface area contributed by atoms with E-state index in [0.717, 1.165) is 5.56 Å². The predicted octanol–water partition coefficient (Wildman–Crippen LogP) is 1.32. The van der Waals surface area contributed by atoms with Crippen LogP contribution in [0, 0.1) is 17.0 Å². The number of nitro benzene ring substituents is 1. The molecule has 0 heterocycles. The van der Waals surface area contributed by atoms with E-state index in [0.29, 0.717) is 12.3 Å². The normalized spacial score (nSPS) is 12.2. The van der Waals surface area contributed by atoms with Gasteiger partial charge in [-0.1, -0.05) is 0 Å². The third-order valence-electron chi connectivity index (χ3n) is 2.23. The van der Waals surface area contributed by atoms with Crippen LogP contribution in [0.1, 0.15) is 5.56 Å². The number of non-ortho nitro benzene ring substituents is 1. The van der Waals surface area contributed by atoms with E-state index in [1.807, 2.05) is 0 Å². The van der Waals surface area contributed by atoms with Crippen molar-refractivity contribution in [3.05, 3.63) is 33.9 Å². The summed E-state index contributed by atoms with van der Waals surface area (Å²) in [5.41, 5.74) is 1.42. The summed E-state index contributed by atoms with van der Waals surface area (Å²) >= 11 is 0. The van der Waals surface area contributed by atoms with Crippen LogP contribution in [0.2, 0.25) is 0 Å². The molecule has 0 radical (unpaired) electrons. The van der Waals surface area contributed by atoms with Crippen LogP contribution in [0.25, 0.3) is 0 Å². The fourth-order valence-electron chi connectivity index (χ4n) is 1.53. The van der Waals surface area contributed by atoms with Gasteiger partial charge >= 0.3 is 0 Å². The molecule has 6 heteroatoms. The van der Waals surface area contributed by atoms with Crippen molar-refractivity contribution in [3.8, 4) is 0 Å². The molecule has 0 aliphatic heterocycles. The molecule has 17 heavy (non-hydrogen) atoms. The number of aryl methyl sites for hydroxylation is 1. The summed E-state index contributed by atoms with van der Waals surface area (Å²) in [7, 11) is 1.53. The number of rotatable bonds is 6. The predicted molar refractivity (Wildman–Crippen MR) is 64.2 cm³/mol. The average Bonchev–Trinajstić information content (AvgIpc) is 2.27. The van der Waals surface area contributed by atoms with Gasteiger partial charge in [0.05, 0.1) is 24.2 Å². The number of aliphatic hydroxyl groups excluding tert-OH is 1. The maximum absolute atomic E-state index is 10.7. The van der Waals surface area contributed by atoms with Crippen LogP contribution in [0.5, 0.6) is 0 Å². The molecule has 0 aliphatic carbocycles. The number of nitrogens with one attached hydrogen (secondary N) is 1. The van der Waals surface area contributed by atoms with Crippen LogP contribution in [0.15, 0.2) is 18.2 Å². The van der Waals surface area contributed by atoms with Crippen LogP contribution in [0.4, 0.5) is 11.4 Å². The van der Waals surface area contributed by atoms with E-state index in [9.17, 15) is 10.1 Å². The molecule has 94 valence electrons. The number of nitro groups is 1. The number of benzene rings is 1. The van der Waals surface area contributed by atoms with Crippen molar-refractivity contribution in [2.24, 2.45) is 0 Å². The second-order valence-electron chi connectivity index (χ2n) is 3.79. The number of hydrogen-bond donors (Lipinski definition) is 2. The zero-order valence-corrected chi connectivity index (χ0v) is 9.84. The van der Waals surface area contributed by atoms with Gasteiger partial charge in [0.25, 0.3) is 5.69 Å². The number of ether oxygens (including phenoxy) is 1. The van der Waals surface area contributed by atoms with E-state index in [-0.39, 0.29) is 18.3 Å². The van der Waals surface area contributed by atoms with Gasteiger partial charge in [-0.05, 0) is 18.6 Å². The van der Waals surface area contributed by atoms with Crippen LogP contribution >= 0.6 is 0 Å². The SMILES string of the molecule is COCC(CO)Nc1cc(C)cc([N+](=O)[O-])c1. The van der Waals surface area contributed by atoms with Crippen molar-refractivity contribution in [2.45, 2.75) is 13.0 Å². The van der Waals surface area contributed by atoms with Crippen LogP contribution < -0.4 is 5.32 Å². The number of nitrogens with zero attached hydrogens (tertiary/aromatic N) is 1. The largest absolute Gasteiger partial charge is 0.394 e. The van der Waals surface area contributed by atoms with Gasteiger partial charge in [-0.2, -0.15) is 0 Å². The lowest BCUT2D eigenvalue weighted by molar-refractivity contribution is -0.384. The zero-order valence-electron chi connectivity index (χ0n) is 9.84. The van der Waals surface area contributed by atoms with Gasteiger partial charge in [0, 0.05) is 24.9 Å². The number of methoxy groups -OCH3 is 1. The van der Waals surface area contributed by atoms with Crippen molar-refractivity contribution >= 4 is 11.4 Å². The standard InChI is InChI=1S/C11H16N2O4/c1-8-3-9(5-11(4-8)13(15)16)12-10(6-14)7-17-2/h3-5,10,12,14H,6-7H2,1-2H3. The highest BCUT2D eigenvalue weighted by Gasteiger charge is 2.11. The second kappa shape index (κ2) is 6.17. The molecule has 1 unspecified atom stereocenters. The van der Waals surface area contributed by atoms with Crippen LogP contribution in [-0.2, 0) is 4.74 Å². The Bertz CT molecular complexity index is 395. The maximum Gasteiger partial charge on any atom is 0.271 e. The first-order chi connectivity index (χ1) is 8.06. The molecule has 0 spiro atoms. The lowest BCUT2D eigenvalue weighted by atomic mass is 10.2. The lowest BCUT2D eigenvalue weighted by Gasteiger charge is -2.16. The van der Waals surface area contributed by atoms with Crippen molar-refractivity contribution < 1.29 is 14.8 Å². The molecule has 0 aliphatic rings. The Morgan fingerprint density at radius 2 is 2.24 bits per heavy atom. The Balaban J connectivity index is 2.86. The van der Waals surface area contributed by atoms with Gasteiger partial charge in [0.2, 0.25) is 0 Å². The smallest absolute Gasteiger partial charge is 0.271 e. The monoisotopic (exact) mass is 240 g/mol. The molecule has 0 aromatic heterocycles. The van der Waals surface area contributed by atoms with Gasteiger partial charge in [-0.25, -0.2) is 0 Å². The van der Waals surface area contributed by atoms with E-state index in [4.69, 9.17) is 9.84 Å². The summed E-state index contributed by atoms with van der Waals surface area (Å²) in [6.07, 6.45) is 0. The van der Waals surface area contributed by atoms with E-state index >= 15 is 0 Å². The first-order valence-electron chi connectivity index (χ1n) is 5.19. The molecule has 1 aromatic rings. The van der Waals surface area contributed by atoms with Crippen molar-refractivity contribution in [3.63, 3.8) is 0 Å². The first kappa shape index (κ1) is 13.4. The minimum atomic E-state index is -0.442. The molecule has 1 atom stereocenters. The summed E-state index contributed by atoms with van der Waals surface area (Å²) in [5.74, 6) is 0. The third kappa shape index (κ3) is 4.01. The lowest BCUT2D eigenvalue weighted by Crippen LogP contribution is -2.28. The molecule has 0 bridgehead atoms. The Hall–Kier alpha value is -1.66. The summed E-state index contributed by atoms with van der Waals surface area (Å²) in [5, 5.41) is 22.8. The number of anilines is 1. The minimum Gasteiger partial charge on any atom is -0.394 e. The van der Waals surface area contributed by atoms with Crippen molar-refractivity contribution in [2.75, 3.05) is 25.6 Å². The van der Waals surface area contributed by atoms with Crippen molar-refractivity contribution in [1.29, 1.82) is 0 Å². The summed E-state index contributed by atoms with van der Waals surface area (Å²) < 4.78 is 4.92. The molecule has 1 aromatic carbocycles. The Morgan fingerprint density at radius 3 is 2.76 bits per heavy atom. The molecule has 0 saturated carbocycles. The van der Waals surface area contributed by atoms with Crippen LogP contribution in [0.3, 0.4) is 0 Å². The van der Waals surface area contributed by atoms with Crippen LogP contribution in [-0.4, -0.2) is 36.4 Å². The van der Waals surface area contributed by atoms with E-state index in [1.165, 1.54) is 19.2 Å². The van der Waals surface area contributed by atoms with E-state index in [2.05, 4.69) is 5.32 Å². The minimum absolute atomic E-state index is 0.0293. The Kier molecular flexibility index (Phi) is 4.86. The topological polar surface area (TPSA) is 84.6 Å². The molecular weight excluding hydrogens is 224 g/mol. The molecular formula is C11H16N2O4. The maximum atomic E-state index is 10.7. The van der Waals surface area contributed by atoms with Crippen molar-refractivity contribution in [1.82, 2.24) is 0 Å². The van der Waals surface area contributed by atoms with E-state index < -0.39 is 4.92 Å². The third-order valence-corrected chi connectivity index (χ3v) is 2.23. The summed E-state index contributed by atoms with van der Waals surface area (Å²) in [6.45, 7) is 2.01. The molecule has 0 fully saturated rings. The molecule has 0 amide bonds. The highest BCUT2D eigenvalue weighted by atomic mass is 16.6. The average molecular weight is 240 g/mol. The van der Waals surface area contributed by atoms with Gasteiger partial charge in [-0.15, -0.1) is 0 Å². The molecule has 0 saturated heterocycles. The fraction of sp³-hybridized carbons (Fsp3) is 0.455. The summed E-state index contributed by atoms with van der Waals surface area (Å²) in [4.78, 5) is 10.2. The fourth-order valence-corrected chi connectivity index (χ4v) is 1.53.